The standard InChI is InChI=1S/C19H18BrN5OS/c1-13(14-8-10-16(20)11-9-14)21-22-17(26)12-27-19-24-23-18(25(19)2)15-6-4-3-5-7-15/h3-11H,12H2,1-2H3,(H,22,26). The Morgan fingerprint density at radius 2 is 1.85 bits per heavy atom. The summed E-state index contributed by atoms with van der Waals surface area (Å²) < 4.78 is 2.88. The molecule has 0 radical (unpaired) electrons. The van der Waals surface area contributed by atoms with Gasteiger partial charge in [-0.25, -0.2) is 5.43 Å². The number of carbonyl (C=O) groups is 1. The predicted octanol–water partition coefficient (Wildman–Crippen LogP) is 3.88. The highest BCUT2D eigenvalue weighted by Gasteiger charge is 2.12. The maximum atomic E-state index is 12.1. The predicted molar refractivity (Wildman–Crippen MR) is 112 cm³/mol. The van der Waals surface area contributed by atoms with Gasteiger partial charge >= 0.3 is 0 Å². The number of carbonyl (C=O) groups excluding carboxylic acids is 1. The van der Waals surface area contributed by atoms with Gasteiger partial charge in [-0.05, 0) is 24.6 Å². The SMILES string of the molecule is CC(=NNC(=O)CSc1nnc(-c2ccccc2)n1C)c1ccc(Br)cc1. The van der Waals surface area contributed by atoms with E-state index in [4.69, 9.17) is 0 Å². The van der Waals surface area contributed by atoms with Crippen molar-refractivity contribution in [1.82, 2.24) is 20.2 Å². The van der Waals surface area contributed by atoms with E-state index < -0.39 is 0 Å². The van der Waals surface area contributed by atoms with Gasteiger partial charge in [0.2, 0.25) is 0 Å². The number of hydrazone groups is 1. The molecule has 0 aliphatic heterocycles. The van der Waals surface area contributed by atoms with Crippen LogP contribution in [0.4, 0.5) is 0 Å². The van der Waals surface area contributed by atoms with Crippen LogP contribution >= 0.6 is 27.7 Å². The third kappa shape index (κ3) is 5.05. The van der Waals surface area contributed by atoms with Crippen molar-refractivity contribution in [2.24, 2.45) is 12.1 Å². The van der Waals surface area contributed by atoms with E-state index in [0.717, 1.165) is 27.1 Å². The van der Waals surface area contributed by atoms with Crippen molar-refractivity contribution in [2.75, 3.05) is 5.75 Å². The van der Waals surface area contributed by atoms with E-state index in [1.165, 1.54) is 11.8 Å². The zero-order valence-corrected chi connectivity index (χ0v) is 17.3. The highest BCUT2D eigenvalue weighted by Crippen LogP contribution is 2.22. The summed E-state index contributed by atoms with van der Waals surface area (Å²) in [4.78, 5) is 12.1. The van der Waals surface area contributed by atoms with Crippen LogP contribution in [0.2, 0.25) is 0 Å². The van der Waals surface area contributed by atoms with Gasteiger partial charge in [0.25, 0.3) is 5.91 Å². The van der Waals surface area contributed by atoms with Crippen LogP contribution < -0.4 is 5.43 Å². The number of amides is 1. The van der Waals surface area contributed by atoms with Crippen LogP contribution in [-0.2, 0) is 11.8 Å². The molecule has 1 aromatic heterocycles. The molecule has 2 aromatic carbocycles. The van der Waals surface area contributed by atoms with Crippen LogP contribution in [-0.4, -0.2) is 32.1 Å². The van der Waals surface area contributed by atoms with E-state index in [1.807, 2.05) is 73.1 Å². The Bertz CT molecular complexity index is 954. The van der Waals surface area contributed by atoms with Crippen LogP contribution in [0.25, 0.3) is 11.4 Å². The lowest BCUT2D eigenvalue weighted by molar-refractivity contribution is -0.118. The lowest BCUT2D eigenvalue weighted by Gasteiger charge is -2.04. The van der Waals surface area contributed by atoms with Crippen molar-refractivity contribution in [1.29, 1.82) is 0 Å². The summed E-state index contributed by atoms with van der Waals surface area (Å²) in [5.41, 5.74) is 5.26. The van der Waals surface area contributed by atoms with E-state index in [9.17, 15) is 4.79 Å². The van der Waals surface area contributed by atoms with Crippen molar-refractivity contribution in [2.45, 2.75) is 12.1 Å². The van der Waals surface area contributed by atoms with E-state index in [1.54, 1.807) is 0 Å². The Balaban J connectivity index is 1.57. The maximum absolute atomic E-state index is 12.1. The number of halogens is 1. The molecule has 0 spiro atoms. The largest absolute Gasteiger partial charge is 0.305 e. The minimum atomic E-state index is -0.194. The van der Waals surface area contributed by atoms with E-state index in [-0.39, 0.29) is 11.7 Å². The number of aromatic nitrogens is 3. The fourth-order valence-electron chi connectivity index (χ4n) is 2.34. The second-order valence-corrected chi connectivity index (χ2v) is 7.62. The average molecular weight is 444 g/mol. The number of nitrogens with zero attached hydrogens (tertiary/aromatic N) is 4. The average Bonchev–Trinajstić information content (AvgIpc) is 3.06. The smallest absolute Gasteiger partial charge is 0.250 e. The Kier molecular flexibility index (Phi) is 6.41. The minimum Gasteiger partial charge on any atom is -0.305 e. The van der Waals surface area contributed by atoms with Crippen LogP contribution in [0.3, 0.4) is 0 Å². The summed E-state index contributed by atoms with van der Waals surface area (Å²) in [5, 5.41) is 13.2. The summed E-state index contributed by atoms with van der Waals surface area (Å²) in [6.07, 6.45) is 0. The van der Waals surface area contributed by atoms with E-state index in [0.29, 0.717) is 5.16 Å². The molecule has 138 valence electrons. The van der Waals surface area contributed by atoms with Crippen LogP contribution in [0.5, 0.6) is 0 Å². The van der Waals surface area contributed by atoms with Gasteiger partial charge in [-0.2, -0.15) is 5.10 Å². The quantitative estimate of drug-likeness (QED) is 0.356. The molecule has 0 bridgehead atoms. The maximum Gasteiger partial charge on any atom is 0.250 e. The fraction of sp³-hybridized carbons (Fsp3) is 0.158. The molecule has 1 amide bonds. The molecule has 3 aromatic rings. The summed E-state index contributed by atoms with van der Waals surface area (Å²) in [6.45, 7) is 1.85. The zero-order chi connectivity index (χ0) is 19.2. The molecule has 1 N–H and O–H groups in total. The molecule has 0 saturated carbocycles. The molecule has 0 aliphatic carbocycles. The van der Waals surface area contributed by atoms with Crippen molar-refractivity contribution < 1.29 is 4.79 Å². The normalized spacial score (nSPS) is 11.4. The molecule has 0 saturated heterocycles. The molecule has 27 heavy (non-hydrogen) atoms. The third-order valence-electron chi connectivity index (χ3n) is 3.81. The van der Waals surface area contributed by atoms with Gasteiger partial charge in [0.15, 0.2) is 11.0 Å². The Hall–Kier alpha value is -2.45. The molecule has 3 rings (SSSR count). The lowest BCUT2D eigenvalue weighted by Crippen LogP contribution is -2.21. The van der Waals surface area contributed by atoms with Crippen LogP contribution in [0.15, 0.2) is 69.3 Å². The molecule has 0 atom stereocenters. The molecule has 0 aliphatic rings. The van der Waals surface area contributed by atoms with Crippen molar-refractivity contribution in [3.05, 3.63) is 64.6 Å². The number of hydrogen-bond acceptors (Lipinski definition) is 5. The van der Waals surface area contributed by atoms with Gasteiger partial charge in [0.05, 0.1) is 11.5 Å². The van der Waals surface area contributed by atoms with Crippen LogP contribution in [0, 0.1) is 0 Å². The number of rotatable bonds is 6. The second kappa shape index (κ2) is 8.96. The Morgan fingerprint density at radius 3 is 2.56 bits per heavy atom. The van der Waals surface area contributed by atoms with Crippen LogP contribution in [0.1, 0.15) is 12.5 Å². The fourth-order valence-corrected chi connectivity index (χ4v) is 3.31. The Morgan fingerprint density at radius 1 is 1.15 bits per heavy atom. The molecular weight excluding hydrogens is 426 g/mol. The van der Waals surface area contributed by atoms with Gasteiger partial charge < -0.3 is 4.57 Å². The first-order valence-corrected chi connectivity index (χ1v) is 9.99. The first-order valence-electron chi connectivity index (χ1n) is 8.21. The lowest BCUT2D eigenvalue weighted by atomic mass is 10.1. The zero-order valence-electron chi connectivity index (χ0n) is 14.9. The van der Waals surface area contributed by atoms with E-state index in [2.05, 4.69) is 36.7 Å². The van der Waals surface area contributed by atoms with Crippen molar-refractivity contribution >= 4 is 39.3 Å². The molecular formula is C19H18BrN5OS. The molecule has 1 heterocycles. The molecule has 6 nitrogen and oxygen atoms in total. The third-order valence-corrected chi connectivity index (χ3v) is 5.36. The number of benzene rings is 2. The Labute approximate surface area is 170 Å². The summed E-state index contributed by atoms with van der Waals surface area (Å²) in [5.74, 6) is 0.779. The molecule has 0 unspecified atom stereocenters. The topological polar surface area (TPSA) is 72.2 Å². The van der Waals surface area contributed by atoms with Crippen molar-refractivity contribution in [3.8, 4) is 11.4 Å². The highest BCUT2D eigenvalue weighted by molar-refractivity contribution is 9.10. The van der Waals surface area contributed by atoms with E-state index >= 15 is 0 Å². The summed E-state index contributed by atoms with van der Waals surface area (Å²) in [6, 6.07) is 17.6. The van der Waals surface area contributed by atoms with Gasteiger partial charge in [-0.1, -0.05) is 70.2 Å². The number of thioether (sulfide) groups is 1. The number of nitrogens with one attached hydrogen (secondary N) is 1. The van der Waals surface area contributed by atoms with Gasteiger partial charge in [0.1, 0.15) is 0 Å². The first kappa shape index (κ1) is 19.3. The minimum absolute atomic E-state index is 0.194. The highest BCUT2D eigenvalue weighted by atomic mass is 79.9. The molecule has 8 heteroatoms. The van der Waals surface area contributed by atoms with Gasteiger partial charge in [-0.3, -0.25) is 4.79 Å². The van der Waals surface area contributed by atoms with Gasteiger partial charge in [-0.15, -0.1) is 10.2 Å². The van der Waals surface area contributed by atoms with Crippen molar-refractivity contribution in [3.63, 3.8) is 0 Å². The van der Waals surface area contributed by atoms with Gasteiger partial charge in [0, 0.05) is 17.1 Å². The first-order chi connectivity index (χ1) is 13.0. The monoisotopic (exact) mass is 443 g/mol. The second-order valence-electron chi connectivity index (χ2n) is 5.76. The number of hydrogen-bond donors (Lipinski definition) is 1. The summed E-state index contributed by atoms with van der Waals surface area (Å²) >= 11 is 4.72. The summed E-state index contributed by atoms with van der Waals surface area (Å²) in [7, 11) is 1.89. The molecule has 0 fully saturated rings.